The van der Waals surface area contributed by atoms with E-state index >= 15 is 0 Å². The molecular weight excluding hydrogens is 142 g/mol. The quantitative estimate of drug-likeness (QED) is 0.549. The summed E-state index contributed by atoms with van der Waals surface area (Å²) in [6.07, 6.45) is 0.959. The van der Waals surface area contributed by atoms with Crippen LogP contribution in [0.2, 0.25) is 0 Å². The predicted molar refractivity (Wildman–Crippen MR) is 41.5 cm³/mol. The molecule has 3 N–H and O–H groups in total. The predicted octanol–water partition coefficient (Wildman–Crippen LogP) is -0.246. The number of nitrogens with zero attached hydrogens (tertiary/aromatic N) is 1. The maximum absolute atomic E-state index is 10.9. The third-order valence-corrected chi connectivity index (χ3v) is 1.31. The number of hydrogen-bond donors (Lipinski definition) is 2. The first-order chi connectivity index (χ1) is 5.22. The van der Waals surface area contributed by atoms with Crippen LogP contribution in [0.5, 0.6) is 0 Å². The molecule has 0 bridgehead atoms. The standard InChI is InChI=1S/C7H13N3O/c1-2-6(9)7(11)10-5-3-4-8/h6H,2-3,5,9H2,1H3,(H,10,11)/t6-/m0/s1. The van der Waals surface area contributed by atoms with Crippen molar-refractivity contribution in [3.8, 4) is 6.07 Å². The minimum absolute atomic E-state index is 0.178. The van der Waals surface area contributed by atoms with Gasteiger partial charge in [-0.05, 0) is 6.42 Å². The minimum Gasteiger partial charge on any atom is -0.354 e. The Labute approximate surface area is 66.4 Å². The van der Waals surface area contributed by atoms with E-state index in [4.69, 9.17) is 11.0 Å². The topological polar surface area (TPSA) is 78.9 Å². The zero-order valence-electron chi connectivity index (χ0n) is 6.63. The van der Waals surface area contributed by atoms with Crippen LogP contribution in [0.4, 0.5) is 0 Å². The number of carbonyl (C=O) groups is 1. The first kappa shape index (κ1) is 9.92. The number of rotatable bonds is 4. The van der Waals surface area contributed by atoms with E-state index in [2.05, 4.69) is 5.32 Å². The molecule has 0 spiro atoms. The van der Waals surface area contributed by atoms with E-state index < -0.39 is 6.04 Å². The molecule has 0 fully saturated rings. The van der Waals surface area contributed by atoms with Gasteiger partial charge in [0, 0.05) is 6.54 Å². The first-order valence-corrected chi connectivity index (χ1v) is 3.62. The Morgan fingerprint density at radius 1 is 1.82 bits per heavy atom. The SMILES string of the molecule is CC[C@H](N)C(=O)NCCC#N. The molecule has 0 radical (unpaired) electrons. The number of nitriles is 1. The second-order valence-corrected chi connectivity index (χ2v) is 2.21. The van der Waals surface area contributed by atoms with E-state index in [1.165, 1.54) is 0 Å². The van der Waals surface area contributed by atoms with Gasteiger partial charge in [0.15, 0.2) is 0 Å². The molecule has 4 heteroatoms. The lowest BCUT2D eigenvalue weighted by atomic mass is 10.2. The molecule has 0 aromatic rings. The van der Waals surface area contributed by atoms with Crippen LogP contribution in [0, 0.1) is 11.3 Å². The van der Waals surface area contributed by atoms with E-state index in [-0.39, 0.29) is 5.91 Å². The van der Waals surface area contributed by atoms with Crippen molar-refractivity contribution in [3.05, 3.63) is 0 Å². The molecule has 11 heavy (non-hydrogen) atoms. The van der Waals surface area contributed by atoms with Gasteiger partial charge in [-0.3, -0.25) is 4.79 Å². The summed E-state index contributed by atoms with van der Waals surface area (Å²) in [5.74, 6) is -0.178. The highest BCUT2D eigenvalue weighted by atomic mass is 16.2. The van der Waals surface area contributed by atoms with Crippen LogP contribution in [0.25, 0.3) is 0 Å². The Hall–Kier alpha value is -1.08. The van der Waals surface area contributed by atoms with Crippen molar-refractivity contribution in [1.29, 1.82) is 5.26 Å². The van der Waals surface area contributed by atoms with Gasteiger partial charge < -0.3 is 11.1 Å². The van der Waals surface area contributed by atoms with Crippen molar-refractivity contribution < 1.29 is 4.79 Å². The maximum atomic E-state index is 10.9. The van der Waals surface area contributed by atoms with E-state index in [0.717, 1.165) is 0 Å². The second kappa shape index (κ2) is 5.69. The van der Waals surface area contributed by atoms with Crippen LogP contribution in [0.1, 0.15) is 19.8 Å². The number of carbonyl (C=O) groups excluding carboxylic acids is 1. The van der Waals surface area contributed by atoms with E-state index in [0.29, 0.717) is 19.4 Å². The van der Waals surface area contributed by atoms with Crippen molar-refractivity contribution in [2.24, 2.45) is 5.73 Å². The van der Waals surface area contributed by atoms with Gasteiger partial charge in [-0.25, -0.2) is 0 Å². The van der Waals surface area contributed by atoms with Crippen LogP contribution in [-0.4, -0.2) is 18.5 Å². The van der Waals surface area contributed by atoms with Crippen molar-refractivity contribution >= 4 is 5.91 Å². The average molecular weight is 155 g/mol. The molecule has 0 aliphatic carbocycles. The van der Waals surface area contributed by atoms with Crippen molar-refractivity contribution in [1.82, 2.24) is 5.32 Å². The van der Waals surface area contributed by atoms with Crippen LogP contribution >= 0.6 is 0 Å². The molecule has 0 aromatic heterocycles. The summed E-state index contributed by atoms with van der Waals surface area (Å²) in [6, 6.07) is 1.49. The number of nitrogens with two attached hydrogens (primary N) is 1. The summed E-state index contributed by atoms with van der Waals surface area (Å²) in [5.41, 5.74) is 5.40. The molecule has 1 amide bonds. The third kappa shape index (κ3) is 4.34. The fourth-order valence-electron chi connectivity index (χ4n) is 0.558. The molecular formula is C7H13N3O. The summed E-state index contributed by atoms with van der Waals surface area (Å²) < 4.78 is 0. The summed E-state index contributed by atoms with van der Waals surface area (Å²) >= 11 is 0. The number of amides is 1. The normalized spacial score (nSPS) is 11.7. The van der Waals surface area contributed by atoms with Crippen molar-refractivity contribution in [2.75, 3.05) is 6.54 Å². The van der Waals surface area contributed by atoms with Crippen LogP contribution in [0.3, 0.4) is 0 Å². The molecule has 4 nitrogen and oxygen atoms in total. The Bertz CT molecular complexity index is 162. The fraction of sp³-hybridized carbons (Fsp3) is 0.714. The van der Waals surface area contributed by atoms with Gasteiger partial charge in [0.1, 0.15) is 0 Å². The summed E-state index contributed by atoms with van der Waals surface area (Å²) in [6.45, 7) is 2.23. The molecule has 62 valence electrons. The van der Waals surface area contributed by atoms with Crippen molar-refractivity contribution in [2.45, 2.75) is 25.8 Å². The molecule has 0 aliphatic rings. The summed E-state index contributed by atoms with van der Waals surface area (Å²) in [7, 11) is 0. The van der Waals surface area contributed by atoms with Gasteiger partial charge in [-0.1, -0.05) is 6.92 Å². The smallest absolute Gasteiger partial charge is 0.236 e. The molecule has 0 saturated heterocycles. The largest absolute Gasteiger partial charge is 0.354 e. The van der Waals surface area contributed by atoms with Crippen LogP contribution in [0.15, 0.2) is 0 Å². The Kier molecular flexibility index (Phi) is 5.13. The number of nitrogens with one attached hydrogen (secondary N) is 1. The highest BCUT2D eigenvalue weighted by Gasteiger charge is 2.08. The van der Waals surface area contributed by atoms with Gasteiger partial charge >= 0.3 is 0 Å². The third-order valence-electron chi connectivity index (χ3n) is 1.31. The van der Waals surface area contributed by atoms with E-state index in [9.17, 15) is 4.79 Å². The lowest BCUT2D eigenvalue weighted by Gasteiger charge is -2.07. The zero-order chi connectivity index (χ0) is 8.69. The molecule has 0 heterocycles. The molecule has 0 aliphatic heterocycles. The van der Waals surface area contributed by atoms with Crippen molar-refractivity contribution in [3.63, 3.8) is 0 Å². The summed E-state index contributed by atoms with van der Waals surface area (Å²) in [5, 5.41) is 10.7. The Balaban J connectivity index is 3.46. The highest BCUT2D eigenvalue weighted by Crippen LogP contribution is 1.84. The Morgan fingerprint density at radius 3 is 2.91 bits per heavy atom. The molecule has 0 saturated carbocycles. The van der Waals surface area contributed by atoms with Gasteiger partial charge in [-0.2, -0.15) is 5.26 Å². The molecule has 0 unspecified atom stereocenters. The van der Waals surface area contributed by atoms with Gasteiger partial charge in [0.05, 0.1) is 18.5 Å². The van der Waals surface area contributed by atoms with Gasteiger partial charge in [0.2, 0.25) is 5.91 Å². The van der Waals surface area contributed by atoms with E-state index in [1.54, 1.807) is 0 Å². The Morgan fingerprint density at radius 2 is 2.45 bits per heavy atom. The second-order valence-electron chi connectivity index (χ2n) is 2.21. The zero-order valence-corrected chi connectivity index (χ0v) is 6.63. The lowest BCUT2D eigenvalue weighted by Crippen LogP contribution is -2.40. The fourth-order valence-corrected chi connectivity index (χ4v) is 0.558. The van der Waals surface area contributed by atoms with Gasteiger partial charge in [0.25, 0.3) is 0 Å². The average Bonchev–Trinajstić information content (AvgIpc) is 2.03. The minimum atomic E-state index is -0.436. The highest BCUT2D eigenvalue weighted by molar-refractivity contribution is 5.81. The summed E-state index contributed by atoms with van der Waals surface area (Å²) in [4.78, 5) is 10.9. The number of hydrogen-bond acceptors (Lipinski definition) is 3. The van der Waals surface area contributed by atoms with Crippen LogP contribution < -0.4 is 11.1 Å². The molecule has 1 atom stereocenters. The maximum Gasteiger partial charge on any atom is 0.236 e. The molecule has 0 rings (SSSR count). The molecule has 0 aromatic carbocycles. The first-order valence-electron chi connectivity index (χ1n) is 3.62. The van der Waals surface area contributed by atoms with Gasteiger partial charge in [-0.15, -0.1) is 0 Å². The van der Waals surface area contributed by atoms with E-state index in [1.807, 2.05) is 13.0 Å². The lowest BCUT2D eigenvalue weighted by molar-refractivity contribution is -0.122. The van der Waals surface area contributed by atoms with Crippen LogP contribution in [-0.2, 0) is 4.79 Å². The monoisotopic (exact) mass is 155 g/mol.